The van der Waals surface area contributed by atoms with E-state index < -0.39 is 9.84 Å². The average Bonchev–Trinajstić information content (AvgIpc) is 2.31. The quantitative estimate of drug-likeness (QED) is 0.799. The largest absolute Gasteiger partial charge is 0.327 e. The molecule has 1 fully saturated rings. The highest BCUT2D eigenvalue weighted by Crippen LogP contribution is 2.28. The van der Waals surface area contributed by atoms with E-state index in [0.717, 1.165) is 38.5 Å². The Hall–Kier alpha value is -0.0900. The molecule has 0 aromatic carbocycles. The van der Waals surface area contributed by atoms with Crippen molar-refractivity contribution in [3.05, 3.63) is 0 Å². The molecule has 2 atom stereocenters. The van der Waals surface area contributed by atoms with Gasteiger partial charge in [0.1, 0.15) is 0 Å². The molecule has 1 aliphatic rings. The summed E-state index contributed by atoms with van der Waals surface area (Å²) in [6.07, 6.45) is 7.41. The lowest BCUT2D eigenvalue weighted by Crippen LogP contribution is -2.44. The first-order valence-corrected chi connectivity index (χ1v) is 8.63. The lowest BCUT2D eigenvalue weighted by atomic mass is 10.0. The fourth-order valence-electron chi connectivity index (χ4n) is 2.94. The maximum atomic E-state index is 12.6. The van der Waals surface area contributed by atoms with Crippen molar-refractivity contribution in [3.63, 3.8) is 0 Å². The third-order valence-corrected chi connectivity index (χ3v) is 6.87. The fraction of sp³-hybridized carbons (Fsp3) is 1.00. The van der Waals surface area contributed by atoms with Gasteiger partial charge >= 0.3 is 0 Å². The van der Waals surface area contributed by atoms with Crippen molar-refractivity contribution in [2.24, 2.45) is 5.73 Å². The number of hydrogen-bond donors (Lipinski definition) is 1. The molecule has 102 valence electrons. The minimum absolute atomic E-state index is 0.121. The van der Waals surface area contributed by atoms with Crippen LogP contribution in [-0.4, -0.2) is 25.0 Å². The molecular weight excluding hydrogens is 234 g/mol. The molecule has 0 aromatic heterocycles. The van der Waals surface area contributed by atoms with E-state index in [1.165, 1.54) is 6.42 Å². The van der Waals surface area contributed by atoms with Crippen molar-refractivity contribution in [3.8, 4) is 0 Å². The van der Waals surface area contributed by atoms with Crippen LogP contribution in [0.1, 0.15) is 65.2 Å². The molecule has 0 spiro atoms. The van der Waals surface area contributed by atoms with Crippen LogP contribution in [0.2, 0.25) is 0 Å². The third-order valence-electron chi connectivity index (χ3n) is 3.94. The van der Waals surface area contributed by atoms with Gasteiger partial charge in [-0.05, 0) is 25.7 Å². The molecule has 0 aromatic rings. The molecule has 0 radical (unpaired) electrons. The predicted octanol–water partition coefficient (Wildman–Crippen LogP) is 2.64. The summed E-state index contributed by atoms with van der Waals surface area (Å²) in [5.74, 6) is 0. The summed E-state index contributed by atoms with van der Waals surface area (Å²) in [4.78, 5) is 0. The SMILES string of the molecule is CCCC(N)C(CC)S(=O)(=O)C1CCCCC1. The molecule has 1 rings (SSSR count). The lowest BCUT2D eigenvalue weighted by molar-refractivity contribution is 0.461. The van der Waals surface area contributed by atoms with Crippen LogP contribution in [0.4, 0.5) is 0 Å². The Morgan fingerprint density at radius 3 is 2.24 bits per heavy atom. The van der Waals surface area contributed by atoms with E-state index in [-0.39, 0.29) is 16.5 Å². The Balaban J connectivity index is 2.77. The van der Waals surface area contributed by atoms with Gasteiger partial charge in [0, 0.05) is 6.04 Å². The summed E-state index contributed by atoms with van der Waals surface area (Å²) < 4.78 is 25.1. The van der Waals surface area contributed by atoms with Crippen LogP contribution in [0.5, 0.6) is 0 Å². The van der Waals surface area contributed by atoms with Crippen LogP contribution in [0.25, 0.3) is 0 Å². The van der Waals surface area contributed by atoms with Gasteiger partial charge < -0.3 is 5.73 Å². The van der Waals surface area contributed by atoms with Crippen molar-refractivity contribution in [2.75, 3.05) is 0 Å². The van der Waals surface area contributed by atoms with Gasteiger partial charge in [-0.3, -0.25) is 0 Å². The van der Waals surface area contributed by atoms with E-state index in [9.17, 15) is 8.42 Å². The van der Waals surface area contributed by atoms with Gasteiger partial charge in [0.25, 0.3) is 0 Å². The van der Waals surface area contributed by atoms with E-state index in [4.69, 9.17) is 5.73 Å². The van der Waals surface area contributed by atoms with Gasteiger partial charge in [-0.1, -0.05) is 39.5 Å². The van der Waals surface area contributed by atoms with Crippen LogP contribution in [0, 0.1) is 0 Å². The van der Waals surface area contributed by atoms with E-state index in [2.05, 4.69) is 6.92 Å². The zero-order valence-electron chi connectivity index (χ0n) is 11.2. The van der Waals surface area contributed by atoms with Crippen molar-refractivity contribution in [1.29, 1.82) is 0 Å². The zero-order chi connectivity index (χ0) is 12.9. The molecule has 1 saturated carbocycles. The highest BCUT2D eigenvalue weighted by Gasteiger charge is 2.36. The highest BCUT2D eigenvalue weighted by molar-refractivity contribution is 7.92. The summed E-state index contributed by atoms with van der Waals surface area (Å²) in [7, 11) is -3.02. The van der Waals surface area contributed by atoms with Gasteiger partial charge in [0.05, 0.1) is 10.5 Å². The van der Waals surface area contributed by atoms with Gasteiger partial charge in [-0.15, -0.1) is 0 Å². The number of nitrogens with two attached hydrogens (primary N) is 1. The maximum absolute atomic E-state index is 12.6. The minimum Gasteiger partial charge on any atom is -0.327 e. The van der Waals surface area contributed by atoms with Gasteiger partial charge in [0.15, 0.2) is 9.84 Å². The molecule has 0 amide bonds. The Morgan fingerprint density at radius 2 is 1.76 bits per heavy atom. The molecule has 0 heterocycles. The molecule has 3 nitrogen and oxygen atoms in total. The second kappa shape index (κ2) is 6.74. The van der Waals surface area contributed by atoms with Gasteiger partial charge in [-0.2, -0.15) is 0 Å². The van der Waals surface area contributed by atoms with E-state index in [0.29, 0.717) is 6.42 Å². The molecule has 1 aliphatic carbocycles. The van der Waals surface area contributed by atoms with Crippen molar-refractivity contribution < 1.29 is 8.42 Å². The lowest BCUT2D eigenvalue weighted by Gasteiger charge is -2.29. The topological polar surface area (TPSA) is 60.2 Å². The fourth-order valence-corrected chi connectivity index (χ4v) is 5.51. The van der Waals surface area contributed by atoms with Crippen LogP contribution < -0.4 is 5.73 Å². The van der Waals surface area contributed by atoms with Crippen LogP contribution >= 0.6 is 0 Å². The van der Waals surface area contributed by atoms with Gasteiger partial charge in [0.2, 0.25) is 0 Å². The average molecular weight is 261 g/mol. The van der Waals surface area contributed by atoms with E-state index in [1.54, 1.807) is 0 Å². The summed E-state index contributed by atoms with van der Waals surface area (Å²) in [6.45, 7) is 4.00. The van der Waals surface area contributed by atoms with Crippen LogP contribution in [0.15, 0.2) is 0 Å². The number of rotatable bonds is 6. The maximum Gasteiger partial charge on any atom is 0.157 e. The normalized spacial score (nSPS) is 22.3. The molecule has 0 bridgehead atoms. The molecule has 0 saturated heterocycles. The summed E-state index contributed by atoms with van der Waals surface area (Å²) >= 11 is 0. The molecule has 2 unspecified atom stereocenters. The van der Waals surface area contributed by atoms with Crippen LogP contribution in [-0.2, 0) is 9.84 Å². The molecule has 4 heteroatoms. The van der Waals surface area contributed by atoms with Gasteiger partial charge in [-0.25, -0.2) is 8.42 Å². The molecular formula is C13H27NO2S. The Bertz CT molecular complexity index is 307. The first-order valence-electron chi connectivity index (χ1n) is 7.02. The van der Waals surface area contributed by atoms with E-state index >= 15 is 0 Å². The minimum atomic E-state index is -3.02. The molecule has 17 heavy (non-hydrogen) atoms. The number of hydrogen-bond acceptors (Lipinski definition) is 3. The predicted molar refractivity (Wildman–Crippen MR) is 72.8 cm³/mol. The standard InChI is InChI=1S/C13H27NO2S/c1-3-8-12(14)13(4-2)17(15,16)11-9-6-5-7-10-11/h11-13H,3-10,14H2,1-2H3. The van der Waals surface area contributed by atoms with Crippen molar-refractivity contribution in [2.45, 2.75) is 81.8 Å². The molecule has 0 aliphatic heterocycles. The number of sulfone groups is 1. The van der Waals surface area contributed by atoms with Crippen molar-refractivity contribution >= 4 is 9.84 Å². The zero-order valence-corrected chi connectivity index (χ0v) is 12.0. The summed E-state index contributed by atoms with van der Waals surface area (Å²) in [5, 5.41) is -0.449. The molecule has 2 N–H and O–H groups in total. The Kier molecular flexibility index (Phi) is 5.93. The van der Waals surface area contributed by atoms with E-state index in [1.807, 2.05) is 6.92 Å². The summed E-state index contributed by atoms with van der Waals surface area (Å²) in [6, 6.07) is -0.183. The van der Waals surface area contributed by atoms with Crippen LogP contribution in [0.3, 0.4) is 0 Å². The second-order valence-electron chi connectivity index (χ2n) is 5.25. The first kappa shape index (κ1) is 15.0. The highest BCUT2D eigenvalue weighted by atomic mass is 32.2. The smallest absolute Gasteiger partial charge is 0.157 e. The Morgan fingerprint density at radius 1 is 1.18 bits per heavy atom. The summed E-state index contributed by atoms with van der Waals surface area (Å²) in [5.41, 5.74) is 6.05. The van der Waals surface area contributed by atoms with Crippen molar-refractivity contribution in [1.82, 2.24) is 0 Å². The second-order valence-corrected chi connectivity index (χ2v) is 7.70. The third kappa shape index (κ3) is 3.68. The monoisotopic (exact) mass is 261 g/mol. The Labute approximate surface area is 106 Å². The first-order chi connectivity index (χ1) is 8.04.